The number of likely N-dealkylation sites (tertiary alicyclic amines) is 1. The molecule has 0 N–H and O–H groups in total. The highest BCUT2D eigenvalue weighted by atomic mass is 16.2. The van der Waals surface area contributed by atoms with E-state index in [0.717, 1.165) is 19.4 Å². The normalized spacial score (nSPS) is 22.8. The Hall–Kier alpha value is -1.04. The van der Waals surface area contributed by atoms with Crippen molar-refractivity contribution in [1.29, 1.82) is 5.26 Å². The molecule has 0 spiro atoms. The van der Waals surface area contributed by atoms with E-state index in [9.17, 15) is 4.79 Å². The first kappa shape index (κ1) is 9.05. The van der Waals surface area contributed by atoms with E-state index in [1.807, 2.05) is 11.8 Å². The second-order valence-corrected chi connectivity index (χ2v) is 3.07. The molecule has 12 heavy (non-hydrogen) atoms. The van der Waals surface area contributed by atoms with Gasteiger partial charge in [0.15, 0.2) is 0 Å². The van der Waals surface area contributed by atoms with Crippen LogP contribution in [0, 0.1) is 11.3 Å². The molecule has 0 unspecified atom stereocenters. The van der Waals surface area contributed by atoms with Crippen LogP contribution >= 0.6 is 0 Å². The first-order valence-corrected chi connectivity index (χ1v) is 4.46. The average Bonchev–Trinajstić information content (AvgIpc) is 2.43. The van der Waals surface area contributed by atoms with Gasteiger partial charge in [-0.2, -0.15) is 5.26 Å². The number of nitrogens with zero attached hydrogens (tertiary/aromatic N) is 2. The molecule has 66 valence electrons. The molecule has 1 aliphatic rings. The number of rotatable bonds is 3. The van der Waals surface area contributed by atoms with E-state index in [-0.39, 0.29) is 5.91 Å². The standard InChI is InChI=1S/C9H14N2O/c1-2-11-8(4-3-7-10)5-6-9(11)12/h8H,2-6H2,1H3/t8-/m0/s1. The van der Waals surface area contributed by atoms with Gasteiger partial charge in [-0.1, -0.05) is 0 Å². The highest BCUT2D eigenvalue weighted by Crippen LogP contribution is 2.21. The summed E-state index contributed by atoms with van der Waals surface area (Å²) in [6, 6.07) is 2.45. The summed E-state index contributed by atoms with van der Waals surface area (Å²) in [4.78, 5) is 13.1. The van der Waals surface area contributed by atoms with Crippen LogP contribution in [0.1, 0.15) is 32.6 Å². The van der Waals surface area contributed by atoms with E-state index in [1.54, 1.807) is 0 Å². The Bertz CT molecular complexity index is 207. The van der Waals surface area contributed by atoms with E-state index in [2.05, 4.69) is 6.07 Å². The fourth-order valence-electron chi connectivity index (χ4n) is 1.76. The van der Waals surface area contributed by atoms with Crippen LogP contribution in [-0.2, 0) is 4.79 Å². The van der Waals surface area contributed by atoms with Gasteiger partial charge >= 0.3 is 0 Å². The van der Waals surface area contributed by atoms with E-state index >= 15 is 0 Å². The van der Waals surface area contributed by atoms with Gasteiger partial charge in [0, 0.05) is 25.4 Å². The summed E-state index contributed by atoms with van der Waals surface area (Å²) in [6.45, 7) is 2.78. The van der Waals surface area contributed by atoms with Gasteiger partial charge in [0.25, 0.3) is 0 Å². The number of amides is 1. The summed E-state index contributed by atoms with van der Waals surface area (Å²) in [6.07, 6.45) is 3.02. The van der Waals surface area contributed by atoms with E-state index in [4.69, 9.17) is 5.26 Å². The van der Waals surface area contributed by atoms with Crippen molar-refractivity contribution >= 4 is 5.91 Å². The molecular weight excluding hydrogens is 152 g/mol. The first-order valence-electron chi connectivity index (χ1n) is 4.46. The maximum atomic E-state index is 11.2. The molecule has 1 atom stereocenters. The van der Waals surface area contributed by atoms with Gasteiger partial charge in [0.1, 0.15) is 0 Å². The SMILES string of the molecule is CCN1C(=O)CC[C@@H]1CCC#N. The van der Waals surface area contributed by atoms with Gasteiger partial charge in [-0.3, -0.25) is 4.79 Å². The predicted molar refractivity (Wildman–Crippen MR) is 45.3 cm³/mol. The third-order valence-electron chi connectivity index (χ3n) is 2.38. The molecule has 1 aliphatic heterocycles. The quantitative estimate of drug-likeness (QED) is 0.634. The van der Waals surface area contributed by atoms with Crippen molar-refractivity contribution < 1.29 is 4.79 Å². The number of hydrogen-bond acceptors (Lipinski definition) is 2. The minimum atomic E-state index is 0.250. The van der Waals surface area contributed by atoms with Crippen LogP contribution in [-0.4, -0.2) is 23.4 Å². The van der Waals surface area contributed by atoms with Gasteiger partial charge in [0.2, 0.25) is 5.91 Å². The molecule has 0 bridgehead atoms. The lowest BCUT2D eigenvalue weighted by molar-refractivity contribution is -0.128. The molecule has 0 aromatic heterocycles. The second kappa shape index (κ2) is 4.10. The zero-order valence-electron chi connectivity index (χ0n) is 7.42. The van der Waals surface area contributed by atoms with E-state index in [0.29, 0.717) is 18.9 Å². The highest BCUT2D eigenvalue weighted by molar-refractivity contribution is 5.78. The maximum absolute atomic E-state index is 11.2. The summed E-state index contributed by atoms with van der Waals surface area (Å²) in [5, 5.41) is 8.40. The van der Waals surface area contributed by atoms with Gasteiger partial charge in [0.05, 0.1) is 6.07 Å². The Morgan fingerprint density at radius 3 is 3.08 bits per heavy atom. The largest absolute Gasteiger partial charge is 0.340 e. The molecule has 0 aromatic carbocycles. The van der Waals surface area contributed by atoms with Crippen molar-refractivity contribution in [3.05, 3.63) is 0 Å². The van der Waals surface area contributed by atoms with E-state index in [1.165, 1.54) is 0 Å². The van der Waals surface area contributed by atoms with E-state index < -0.39 is 0 Å². The van der Waals surface area contributed by atoms with Gasteiger partial charge < -0.3 is 4.90 Å². The fourth-order valence-corrected chi connectivity index (χ4v) is 1.76. The van der Waals surface area contributed by atoms with Crippen LogP contribution in [0.15, 0.2) is 0 Å². The van der Waals surface area contributed by atoms with Crippen LogP contribution in [0.25, 0.3) is 0 Å². The zero-order chi connectivity index (χ0) is 8.97. The topological polar surface area (TPSA) is 44.1 Å². The zero-order valence-corrected chi connectivity index (χ0v) is 7.42. The van der Waals surface area contributed by atoms with Gasteiger partial charge in [-0.15, -0.1) is 0 Å². The Labute approximate surface area is 73.0 Å². The van der Waals surface area contributed by atoms with Crippen molar-refractivity contribution in [1.82, 2.24) is 4.90 Å². The van der Waals surface area contributed by atoms with Crippen LogP contribution in [0.4, 0.5) is 0 Å². The molecule has 1 amide bonds. The molecule has 1 rings (SSSR count). The molecule has 3 heteroatoms. The van der Waals surface area contributed by atoms with Crippen molar-refractivity contribution in [2.45, 2.75) is 38.6 Å². The molecule has 0 aromatic rings. The molecule has 0 aliphatic carbocycles. The minimum absolute atomic E-state index is 0.250. The van der Waals surface area contributed by atoms with Gasteiger partial charge in [-0.05, 0) is 19.8 Å². The second-order valence-electron chi connectivity index (χ2n) is 3.07. The Morgan fingerprint density at radius 2 is 2.50 bits per heavy atom. The van der Waals surface area contributed by atoms with Crippen molar-refractivity contribution in [3.8, 4) is 6.07 Å². The van der Waals surface area contributed by atoms with Crippen molar-refractivity contribution in [2.75, 3.05) is 6.54 Å². The molecular formula is C9H14N2O. The lowest BCUT2D eigenvalue weighted by Crippen LogP contribution is -2.32. The minimum Gasteiger partial charge on any atom is -0.340 e. The maximum Gasteiger partial charge on any atom is 0.222 e. The van der Waals surface area contributed by atoms with Crippen molar-refractivity contribution in [2.24, 2.45) is 0 Å². The fraction of sp³-hybridized carbons (Fsp3) is 0.778. The number of carbonyl (C=O) groups is 1. The third kappa shape index (κ3) is 1.76. The first-order chi connectivity index (χ1) is 5.79. The highest BCUT2D eigenvalue weighted by Gasteiger charge is 2.28. The molecule has 0 radical (unpaired) electrons. The summed E-state index contributed by atoms with van der Waals surface area (Å²) < 4.78 is 0. The van der Waals surface area contributed by atoms with Crippen molar-refractivity contribution in [3.63, 3.8) is 0 Å². The average molecular weight is 166 g/mol. The number of hydrogen-bond donors (Lipinski definition) is 0. The molecule has 1 heterocycles. The van der Waals surface area contributed by atoms with Crippen LogP contribution in [0.3, 0.4) is 0 Å². The van der Waals surface area contributed by atoms with Crippen LogP contribution in [0.2, 0.25) is 0 Å². The van der Waals surface area contributed by atoms with Crippen LogP contribution in [0.5, 0.6) is 0 Å². The summed E-state index contributed by atoms with van der Waals surface area (Å²) in [5.74, 6) is 0.250. The molecule has 3 nitrogen and oxygen atoms in total. The smallest absolute Gasteiger partial charge is 0.222 e. The monoisotopic (exact) mass is 166 g/mol. The molecule has 0 saturated carbocycles. The lowest BCUT2D eigenvalue weighted by atomic mass is 10.1. The predicted octanol–water partition coefficient (Wildman–Crippen LogP) is 1.30. The summed E-state index contributed by atoms with van der Waals surface area (Å²) in [7, 11) is 0. The number of nitriles is 1. The van der Waals surface area contributed by atoms with Crippen LogP contribution < -0.4 is 0 Å². The third-order valence-corrected chi connectivity index (χ3v) is 2.38. The number of carbonyl (C=O) groups excluding carboxylic acids is 1. The molecule has 1 fully saturated rings. The lowest BCUT2D eigenvalue weighted by Gasteiger charge is -2.21. The molecule has 1 saturated heterocycles. The summed E-state index contributed by atoms with van der Waals surface area (Å²) >= 11 is 0. The Balaban J connectivity index is 2.44. The summed E-state index contributed by atoms with van der Waals surface area (Å²) in [5.41, 5.74) is 0. The Morgan fingerprint density at radius 1 is 1.75 bits per heavy atom. The Kier molecular flexibility index (Phi) is 3.09. The van der Waals surface area contributed by atoms with Gasteiger partial charge in [-0.25, -0.2) is 0 Å².